The lowest BCUT2D eigenvalue weighted by molar-refractivity contribution is 0.174. The molecular weight excluding hydrogens is 479 g/mol. The fraction of sp³-hybridized carbons (Fsp3) is 0.0769. The quantitative estimate of drug-likeness (QED) is 0.332. The summed E-state index contributed by atoms with van der Waals surface area (Å²) >= 11 is 0. The lowest BCUT2D eigenvalue weighted by Gasteiger charge is -2.09. The highest BCUT2D eigenvalue weighted by atomic mass is 19.1. The zero-order chi connectivity index (χ0) is 25.2. The van der Waals surface area contributed by atoms with Gasteiger partial charge < -0.3 is 29.2 Å². The third-order valence-electron chi connectivity index (χ3n) is 5.59. The Bertz CT molecular complexity index is 1560. The fourth-order valence-corrected chi connectivity index (χ4v) is 3.77. The Morgan fingerprint density at radius 2 is 1.70 bits per heavy atom. The Hall–Kier alpha value is -5.19. The minimum absolute atomic E-state index is 0.174. The van der Waals surface area contributed by atoms with Gasteiger partial charge in [0.2, 0.25) is 12.6 Å². The summed E-state index contributed by atoms with van der Waals surface area (Å²) in [5.41, 5.74) is 3.42. The van der Waals surface area contributed by atoms with Crippen molar-refractivity contribution in [2.24, 2.45) is 0 Å². The molecule has 10 nitrogen and oxygen atoms in total. The molecule has 0 spiro atoms. The van der Waals surface area contributed by atoms with Crippen molar-refractivity contribution in [3.63, 3.8) is 0 Å². The Labute approximate surface area is 209 Å². The van der Waals surface area contributed by atoms with E-state index < -0.39 is 0 Å². The first-order chi connectivity index (χ1) is 18.1. The largest absolute Gasteiger partial charge is 0.454 e. The summed E-state index contributed by atoms with van der Waals surface area (Å²) in [4.78, 5) is 21.1. The number of anilines is 2. The van der Waals surface area contributed by atoms with Crippen LogP contribution in [0.5, 0.6) is 11.5 Å². The standard InChI is InChI=1S/C26H19FN6O4/c27-18-5-3-17(4-6-18)24-31-25(37-32-24)21-13-33(14-28-21)12-16-1-7-19(8-2-16)29-26(34)30-20-9-10-22-23(11-20)36-15-35-22/h1-11,13-14H,12,15H2,(H2,29,30,34). The van der Waals surface area contributed by atoms with Crippen molar-refractivity contribution in [3.05, 3.63) is 90.6 Å². The van der Waals surface area contributed by atoms with E-state index in [4.69, 9.17) is 14.0 Å². The van der Waals surface area contributed by atoms with Gasteiger partial charge in [0.05, 0.1) is 6.33 Å². The van der Waals surface area contributed by atoms with Crippen molar-refractivity contribution in [3.8, 4) is 34.5 Å². The Kier molecular flexibility index (Phi) is 5.70. The van der Waals surface area contributed by atoms with E-state index in [-0.39, 0.29) is 24.5 Å². The van der Waals surface area contributed by atoms with Gasteiger partial charge in [-0.15, -0.1) is 0 Å². The number of nitrogens with zero attached hydrogens (tertiary/aromatic N) is 4. The van der Waals surface area contributed by atoms with Crippen LogP contribution in [0.15, 0.2) is 83.8 Å². The maximum atomic E-state index is 13.1. The second kappa shape index (κ2) is 9.46. The van der Waals surface area contributed by atoms with Crippen LogP contribution in [0.2, 0.25) is 0 Å². The molecule has 5 aromatic rings. The van der Waals surface area contributed by atoms with E-state index in [1.807, 2.05) is 28.8 Å². The Morgan fingerprint density at radius 3 is 2.54 bits per heavy atom. The number of nitrogens with one attached hydrogen (secondary N) is 2. The zero-order valence-electron chi connectivity index (χ0n) is 19.2. The Balaban J connectivity index is 1.06. The van der Waals surface area contributed by atoms with Crippen LogP contribution in [0.3, 0.4) is 0 Å². The molecule has 0 unspecified atom stereocenters. The van der Waals surface area contributed by atoms with Gasteiger partial charge in [0, 0.05) is 35.7 Å². The van der Waals surface area contributed by atoms with Crippen LogP contribution in [0, 0.1) is 5.82 Å². The maximum Gasteiger partial charge on any atom is 0.323 e. The first-order valence-electron chi connectivity index (χ1n) is 11.3. The number of urea groups is 1. The number of fused-ring (bicyclic) bond motifs is 1. The number of benzene rings is 3. The molecule has 0 saturated heterocycles. The van der Waals surface area contributed by atoms with E-state index in [0.29, 0.717) is 46.5 Å². The molecule has 0 saturated carbocycles. The molecule has 3 aromatic carbocycles. The molecule has 6 rings (SSSR count). The van der Waals surface area contributed by atoms with Crippen LogP contribution >= 0.6 is 0 Å². The van der Waals surface area contributed by atoms with Crippen LogP contribution in [-0.2, 0) is 6.54 Å². The van der Waals surface area contributed by atoms with Crippen molar-refractivity contribution >= 4 is 17.4 Å². The second-order valence-electron chi connectivity index (χ2n) is 8.21. The number of aromatic nitrogens is 4. The third kappa shape index (κ3) is 4.96. The number of carbonyl (C=O) groups excluding carboxylic acids is 1. The summed E-state index contributed by atoms with van der Waals surface area (Å²) in [6.45, 7) is 0.725. The first kappa shape index (κ1) is 22.3. The lowest BCUT2D eigenvalue weighted by atomic mass is 10.2. The van der Waals surface area contributed by atoms with E-state index in [0.717, 1.165) is 5.56 Å². The van der Waals surface area contributed by atoms with Gasteiger partial charge in [0.25, 0.3) is 5.89 Å². The smallest absolute Gasteiger partial charge is 0.323 e. The molecule has 184 valence electrons. The summed E-state index contributed by atoms with van der Waals surface area (Å²) in [6.07, 6.45) is 3.47. The van der Waals surface area contributed by atoms with Crippen molar-refractivity contribution in [2.75, 3.05) is 17.4 Å². The first-order valence-corrected chi connectivity index (χ1v) is 11.3. The highest BCUT2D eigenvalue weighted by molar-refractivity contribution is 5.99. The lowest BCUT2D eigenvalue weighted by Crippen LogP contribution is -2.19. The van der Waals surface area contributed by atoms with Crippen LogP contribution in [0.1, 0.15) is 5.56 Å². The van der Waals surface area contributed by atoms with E-state index >= 15 is 0 Å². The monoisotopic (exact) mass is 498 g/mol. The molecule has 2 amide bonds. The normalized spacial score (nSPS) is 11.9. The SMILES string of the molecule is O=C(Nc1ccc(Cn2cnc(-c3nc(-c4ccc(F)cc4)no3)c2)cc1)Nc1ccc2c(c1)OCO2. The van der Waals surface area contributed by atoms with Gasteiger partial charge in [-0.05, 0) is 54.1 Å². The van der Waals surface area contributed by atoms with Crippen molar-refractivity contribution in [1.82, 2.24) is 19.7 Å². The van der Waals surface area contributed by atoms with Crippen molar-refractivity contribution in [2.45, 2.75) is 6.54 Å². The highest BCUT2D eigenvalue weighted by Gasteiger charge is 2.15. The Morgan fingerprint density at radius 1 is 0.946 bits per heavy atom. The number of imidazole rings is 1. The number of halogens is 1. The van der Waals surface area contributed by atoms with Gasteiger partial charge >= 0.3 is 6.03 Å². The summed E-state index contributed by atoms with van der Waals surface area (Å²) in [6, 6.07) is 18.1. The highest BCUT2D eigenvalue weighted by Crippen LogP contribution is 2.34. The van der Waals surface area contributed by atoms with Gasteiger partial charge in [-0.25, -0.2) is 14.2 Å². The maximum absolute atomic E-state index is 13.1. The topological polar surface area (TPSA) is 116 Å². The molecule has 37 heavy (non-hydrogen) atoms. The van der Waals surface area contributed by atoms with E-state index in [2.05, 4.69) is 25.8 Å². The number of hydrogen-bond donors (Lipinski definition) is 2. The third-order valence-corrected chi connectivity index (χ3v) is 5.59. The molecule has 0 fully saturated rings. The molecule has 1 aliphatic rings. The average Bonchev–Trinajstić information content (AvgIpc) is 3.66. The number of rotatable bonds is 6. The summed E-state index contributed by atoms with van der Waals surface area (Å²) in [5, 5.41) is 9.53. The predicted octanol–water partition coefficient (Wildman–Crippen LogP) is 5.16. The van der Waals surface area contributed by atoms with Gasteiger partial charge in [0.1, 0.15) is 11.5 Å². The summed E-state index contributed by atoms with van der Waals surface area (Å²) in [7, 11) is 0. The molecule has 0 aliphatic carbocycles. The minimum atomic E-state index is -0.370. The minimum Gasteiger partial charge on any atom is -0.454 e. The van der Waals surface area contributed by atoms with Crippen LogP contribution in [0.4, 0.5) is 20.6 Å². The summed E-state index contributed by atoms with van der Waals surface area (Å²) in [5.74, 6) is 1.54. The van der Waals surface area contributed by atoms with Crippen molar-refractivity contribution in [1.29, 1.82) is 0 Å². The number of amides is 2. The number of ether oxygens (including phenoxy) is 2. The predicted molar refractivity (Wildman–Crippen MR) is 132 cm³/mol. The average molecular weight is 498 g/mol. The van der Waals surface area contributed by atoms with Crippen LogP contribution < -0.4 is 20.1 Å². The van der Waals surface area contributed by atoms with E-state index in [9.17, 15) is 9.18 Å². The van der Waals surface area contributed by atoms with Gasteiger partial charge in [0.15, 0.2) is 11.5 Å². The molecule has 2 N–H and O–H groups in total. The molecule has 2 aromatic heterocycles. The molecule has 0 radical (unpaired) electrons. The molecule has 11 heteroatoms. The second-order valence-corrected chi connectivity index (χ2v) is 8.21. The van der Waals surface area contributed by atoms with Gasteiger partial charge in [-0.3, -0.25) is 0 Å². The molecular formula is C26H19FN6O4. The van der Waals surface area contributed by atoms with Gasteiger partial charge in [-0.2, -0.15) is 4.98 Å². The number of carbonyl (C=O) groups is 1. The van der Waals surface area contributed by atoms with E-state index in [1.165, 1.54) is 12.1 Å². The zero-order valence-corrected chi connectivity index (χ0v) is 19.2. The molecule has 0 bridgehead atoms. The fourth-order valence-electron chi connectivity index (χ4n) is 3.77. The molecule has 1 aliphatic heterocycles. The summed E-state index contributed by atoms with van der Waals surface area (Å²) < 4.78 is 31.0. The van der Waals surface area contributed by atoms with E-state index in [1.54, 1.807) is 42.9 Å². The van der Waals surface area contributed by atoms with Crippen LogP contribution in [0.25, 0.3) is 23.0 Å². The van der Waals surface area contributed by atoms with Crippen LogP contribution in [-0.4, -0.2) is 32.5 Å². The van der Waals surface area contributed by atoms with Crippen molar-refractivity contribution < 1.29 is 23.2 Å². The molecule has 3 heterocycles. The van der Waals surface area contributed by atoms with Gasteiger partial charge in [-0.1, -0.05) is 17.3 Å². The molecule has 0 atom stereocenters. The number of hydrogen-bond acceptors (Lipinski definition) is 7.